The zero-order valence-electron chi connectivity index (χ0n) is 19.1. The number of hydrogen-bond acceptors (Lipinski definition) is 7. The predicted octanol–water partition coefficient (Wildman–Crippen LogP) is 3.19. The van der Waals surface area contributed by atoms with E-state index in [-0.39, 0.29) is 29.5 Å². The number of aromatic hydroxyl groups is 2. The Morgan fingerprint density at radius 1 is 1.12 bits per heavy atom. The molecule has 4 rings (SSSR count). The van der Waals surface area contributed by atoms with Gasteiger partial charge in [-0.25, -0.2) is 14.8 Å². The minimum atomic E-state index is -1.27. The molecule has 0 radical (unpaired) electrons. The summed E-state index contributed by atoms with van der Waals surface area (Å²) in [4.78, 5) is 31.3. The lowest BCUT2D eigenvalue weighted by atomic mass is 10.1. The fourth-order valence-electron chi connectivity index (χ4n) is 3.43. The maximum absolute atomic E-state index is 11.9. The average molecular weight is 466 g/mol. The van der Waals surface area contributed by atoms with Crippen molar-refractivity contribution < 1.29 is 24.9 Å². The number of benzene rings is 2. The highest BCUT2D eigenvalue weighted by Gasteiger charge is 2.16. The Balaban J connectivity index is 0.000000248. The van der Waals surface area contributed by atoms with Gasteiger partial charge in [0.05, 0.1) is 23.9 Å². The number of hydrogen-bond donors (Lipinski definition) is 5. The summed E-state index contributed by atoms with van der Waals surface area (Å²) in [5, 5.41) is 32.9. The number of carboxylic acid groups (broad SMARTS) is 1. The normalized spacial score (nSPS) is 10.8. The first kappa shape index (κ1) is 24.5. The number of para-hydroxylation sites is 1. The van der Waals surface area contributed by atoms with Crippen molar-refractivity contribution in [3.05, 3.63) is 54.4 Å². The second kappa shape index (κ2) is 10.6. The van der Waals surface area contributed by atoms with Gasteiger partial charge in [0.2, 0.25) is 5.91 Å². The van der Waals surface area contributed by atoms with Gasteiger partial charge >= 0.3 is 5.97 Å². The van der Waals surface area contributed by atoms with Crippen LogP contribution in [0.25, 0.3) is 21.9 Å². The van der Waals surface area contributed by atoms with Crippen molar-refractivity contribution in [3.8, 4) is 11.5 Å². The molecule has 2 aromatic heterocycles. The van der Waals surface area contributed by atoms with Gasteiger partial charge in [-0.05, 0) is 37.2 Å². The number of carbonyl (C=O) groups excluding carboxylic acids is 1. The molecule has 0 fully saturated rings. The lowest BCUT2D eigenvalue weighted by molar-refractivity contribution is -0.115. The van der Waals surface area contributed by atoms with Crippen molar-refractivity contribution in [2.24, 2.45) is 5.92 Å². The lowest BCUT2D eigenvalue weighted by Gasteiger charge is -2.11. The summed E-state index contributed by atoms with van der Waals surface area (Å²) in [5.41, 5.74) is 2.30. The number of pyridine rings is 1. The zero-order chi connectivity index (χ0) is 24.8. The maximum Gasteiger partial charge on any atom is 0.339 e. The van der Waals surface area contributed by atoms with E-state index in [4.69, 9.17) is 15.3 Å². The second-order valence-corrected chi connectivity index (χ2v) is 8.05. The molecule has 34 heavy (non-hydrogen) atoms. The minimum absolute atomic E-state index is 0.130. The molecule has 10 nitrogen and oxygen atoms in total. The third-order valence-corrected chi connectivity index (χ3v) is 4.82. The number of carboxylic acids is 1. The first-order valence-corrected chi connectivity index (χ1v) is 10.6. The molecule has 10 heteroatoms. The smallest absolute Gasteiger partial charge is 0.339 e. The Bertz CT molecular complexity index is 1330. The van der Waals surface area contributed by atoms with Crippen LogP contribution in [0.1, 0.15) is 24.2 Å². The fourth-order valence-corrected chi connectivity index (χ4v) is 3.43. The summed E-state index contributed by atoms with van der Waals surface area (Å²) in [6.45, 7) is 5.45. The number of carbonyl (C=O) groups is 2. The molecule has 2 aromatic carbocycles. The van der Waals surface area contributed by atoms with Crippen molar-refractivity contribution in [3.63, 3.8) is 0 Å². The number of amides is 1. The number of phenols is 2. The fraction of sp³-hybridized carbons (Fsp3) is 0.250. The van der Waals surface area contributed by atoms with Crippen LogP contribution in [-0.4, -0.2) is 55.3 Å². The number of fused-ring (bicyclic) bond motifs is 3. The molecule has 5 N–H and O–H groups in total. The van der Waals surface area contributed by atoms with Gasteiger partial charge in [-0.2, -0.15) is 0 Å². The molecule has 0 saturated heterocycles. The molecule has 0 atom stereocenters. The largest absolute Gasteiger partial charge is 0.508 e. The van der Waals surface area contributed by atoms with Crippen LogP contribution >= 0.6 is 0 Å². The van der Waals surface area contributed by atoms with E-state index in [1.807, 2.05) is 30.6 Å². The number of nitrogens with zero attached hydrogens (tertiary/aromatic N) is 3. The Hall–Kier alpha value is -4.18. The van der Waals surface area contributed by atoms with Gasteiger partial charge in [0.1, 0.15) is 22.6 Å². The highest BCUT2D eigenvalue weighted by atomic mass is 16.4. The third kappa shape index (κ3) is 5.59. The first-order chi connectivity index (χ1) is 16.2. The summed E-state index contributed by atoms with van der Waals surface area (Å²) in [5.74, 6) is -0.910. The zero-order valence-corrected chi connectivity index (χ0v) is 19.1. The molecular formula is C24H27N5O5. The number of rotatable bonds is 6. The lowest BCUT2D eigenvalue weighted by Crippen LogP contribution is -2.25. The van der Waals surface area contributed by atoms with Gasteiger partial charge in [-0.1, -0.05) is 32.0 Å². The Morgan fingerprint density at radius 2 is 1.85 bits per heavy atom. The number of anilines is 1. The van der Waals surface area contributed by atoms with Crippen LogP contribution < -0.4 is 10.6 Å². The van der Waals surface area contributed by atoms with Gasteiger partial charge in [-0.3, -0.25) is 4.79 Å². The van der Waals surface area contributed by atoms with E-state index >= 15 is 0 Å². The Morgan fingerprint density at radius 3 is 2.50 bits per heavy atom. The molecule has 0 aliphatic heterocycles. The van der Waals surface area contributed by atoms with Crippen molar-refractivity contribution >= 4 is 39.6 Å². The molecule has 1 amide bonds. The number of aromatic carboxylic acids is 1. The maximum atomic E-state index is 11.9. The highest BCUT2D eigenvalue weighted by molar-refractivity contribution is 6.09. The quantitative estimate of drug-likeness (QED) is 0.273. The Kier molecular flexibility index (Phi) is 7.64. The molecule has 0 aliphatic carbocycles. The van der Waals surface area contributed by atoms with E-state index in [9.17, 15) is 9.59 Å². The number of aromatic nitrogens is 3. The van der Waals surface area contributed by atoms with Gasteiger partial charge in [0, 0.05) is 11.9 Å². The molecule has 0 unspecified atom stereocenters. The highest BCUT2D eigenvalue weighted by Crippen LogP contribution is 2.29. The van der Waals surface area contributed by atoms with Crippen LogP contribution in [0.15, 0.2) is 48.8 Å². The van der Waals surface area contributed by atoms with Crippen LogP contribution in [0.2, 0.25) is 0 Å². The first-order valence-electron chi connectivity index (χ1n) is 10.6. The van der Waals surface area contributed by atoms with Crippen LogP contribution in [0.4, 0.5) is 5.82 Å². The van der Waals surface area contributed by atoms with Gasteiger partial charge in [0.25, 0.3) is 0 Å². The van der Waals surface area contributed by atoms with E-state index in [0.29, 0.717) is 11.7 Å². The second-order valence-electron chi connectivity index (χ2n) is 8.05. The van der Waals surface area contributed by atoms with E-state index < -0.39 is 5.97 Å². The summed E-state index contributed by atoms with van der Waals surface area (Å²) in [6.07, 6.45) is 1.83. The predicted molar refractivity (Wildman–Crippen MR) is 129 cm³/mol. The molecule has 178 valence electrons. The molecule has 0 bridgehead atoms. The van der Waals surface area contributed by atoms with E-state index in [1.54, 1.807) is 7.05 Å². The van der Waals surface area contributed by atoms with Gasteiger partial charge in [-0.15, -0.1) is 0 Å². The molecule has 0 saturated carbocycles. The van der Waals surface area contributed by atoms with Crippen LogP contribution in [0.5, 0.6) is 11.5 Å². The van der Waals surface area contributed by atoms with Crippen LogP contribution in [0, 0.1) is 5.92 Å². The van der Waals surface area contributed by atoms with E-state index in [0.717, 1.165) is 40.6 Å². The molecule has 2 heterocycles. The van der Waals surface area contributed by atoms with Crippen LogP contribution in [0.3, 0.4) is 0 Å². The molecular weight excluding hydrogens is 438 g/mol. The van der Waals surface area contributed by atoms with Gasteiger partial charge < -0.3 is 30.5 Å². The van der Waals surface area contributed by atoms with Crippen molar-refractivity contribution in [2.45, 2.75) is 20.4 Å². The summed E-state index contributed by atoms with van der Waals surface area (Å²) < 4.78 is 2.14. The number of phenolic OH excluding ortho intramolecular Hbond substituents is 1. The van der Waals surface area contributed by atoms with Crippen molar-refractivity contribution in [1.29, 1.82) is 0 Å². The monoisotopic (exact) mass is 465 g/mol. The van der Waals surface area contributed by atoms with Crippen LogP contribution in [-0.2, 0) is 11.3 Å². The number of imidazole rings is 1. The number of nitrogens with one attached hydrogen (secondary N) is 2. The van der Waals surface area contributed by atoms with E-state index in [2.05, 4.69) is 39.0 Å². The third-order valence-electron chi connectivity index (χ3n) is 4.82. The average Bonchev–Trinajstić information content (AvgIpc) is 3.19. The molecule has 0 spiro atoms. The van der Waals surface area contributed by atoms with Gasteiger partial charge in [0.15, 0.2) is 5.82 Å². The van der Waals surface area contributed by atoms with Crippen molar-refractivity contribution in [1.82, 2.24) is 19.9 Å². The molecule has 4 aromatic rings. The number of likely N-dealkylation sites (N-methyl/N-ethyl adjacent to an activating group) is 1. The standard InChI is InChI=1S/C17H21N5O.C7H6O4/c1-11(2)9-22-10-19-15-16(22)12-6-4-5-7-13(12)20-17(15)21-14(23)8-18-3;8-4-1-2-6(9)5(3-4)7(10)11/h4-7,10-11,18H,8-9H2,1-3H3,(H,20,21,23);1-3,8-9H,(H,10,11). The molecule has 0 aliphatic rings. The Labute approximate surface area is 195 Å². The topological polar surface area (TPSA) is 150 Å². The minimum Gasteiger partial charge on any atom is -0.508 e. The summed E-state index contributed by atoms with van der Waals surface area (Å²) >= 11 is 0. The summed E-state index contributed by atoms with van der Waals surface area (Å²) in [6, 6.07) is 11.3. The SMILES string of the molecule is CNCC(=O)Nc1nc2ccccc2c2c1ncn2CC(C)C.O=C(O)c1cc(O)ccc1O. The summed E-state index contributed by atoms with van der Waals surface area (Å²) in [7, 11) is 1.74. The van der Waals surface area contributed by atoms with Crippen molar-refractivity contribution in [2.75, 3.05) is 18.9 Å². The van der Waals surface area contributed by atoms with E-state index in [1.165, 1.54) is 6.07 Å².